The van der Waals surface area contributed by atoms with Gasteiger partial charge in [0.2, 0.25) is 0 Å². The van der Waals surface area contributed by atoms with Crippen molar-refractivity contribution in [3.8, 4) is 11.5 Å². The summed E-state index contributed by atoms with van der Waals surface area (Å²) in [4.78, 5) is 17.2. The first kappa shape index (κ1) is 25.5. The first-order valence-electron chi connectivity index (χ1n) is 11.5. The topological polar surface area (TPSA) is 68.3 Å². The summed E-state index contributed by atoms with van der Waals surface area (Å²) in [6.07, 6.45) is 8.35. The lowest BCUT2D eigenvalue weighted by Gasteiger charge is -2.13. The smallest absolute Gasteiger partial charge is 0.251 e. The van der Waals surface area contributed by atoms with Crippen LogP contribution in [-0.4, -0.2) is 30.4 Å². The molecule has 0 bridgehead atoms. The van der Waals surface area contributed by atoms with Crippen LogP contribution >= 0.6 is 7.14 Å². The Bertz CT molecular complexity index is 1390. The van der Waals surface area contributed by atoms with Gasteiger partial charge in [-0.05, 0) is 61.7 Å². The number of nitrogens with one attached hydrogen (secondary N) is 1. The largest absolute Gasteiger partial charge is 0.457 e. The molecule has 2 aromatic carbocycles. The predicted octanol–water partition coefficient (Wildman–Crippen LogP) is 6.58. The van der Waals surface area contributed by atoms with Crippen LogP contribution in [0.4, 0.5) is 8.78 Å². The molecule has 0 radical (unpaired) electrons. The average molecular weight is 509 g/mol. The number of nitrogens with zero attached hydrogens (tertiary/aromatic N) is 1. The van der Waals surface area contributed by atoms with E-state index in [2.05, 4.69) is 16.4 Å². The molecule has 36 heavy (non-hydrogen) atoms. The molecular weight excluding hydrogens is 481 g/mol. The van der Waals surface area contributed by atoms with E-state index in [0.717, 1.165) is 17.3 Å². The van der Waals surface area contributed by atoms with Crippen LogP contribution in [0.1, 0.15) is 27.2 Å². The molecule has 4 rings (SSSR count). The first-order chi connectivity index (χ1) is 17.1. The second-order valence-electron chi connectivity index (χ2n) is 9.27. The molecule has 0 aliphatic heterocycles. The minimum absolute atomic E-state index is 0.0130. The number of halogens is 2. The molecule has 0 saturated heterocycles. The zero-order valence-electron chi connectivity index (χ0n) is 20.3. The minimum Gasteiger partial charge on any atom is -0.457 e. The van der Waals surface area contributed by atoms with Gasteiger partial charge in [0.25, 0.3) is 5.91 Å². The minimum atomic E-state index is -2.14. The molecule has 0 spiro atoms. The average Bonchev–Trinajstić information content (AvgIpc) is 3.25. The summed E-state index contributed by atoms with van der Waals surface area (Å²) in [5, 5.41) is 2.70. The summed E-state index contributed by atoms with van der Waals surface area (Å²) in [6, 6.07) is 11.8. The number of ether oxygens (including phenoxy) is 1. The van der Waals surface area contributed by atoms with Crippen LogP contribution in [0.25, 0.3) is 5.57 Å². The number of aromatic nitrogens is 1. The van der Waals surface area contributed by atoms with E-state index in [-0.39, 0.29) is 18.4 Å². The Morgan fingerprint density at radius 3 is 2.58 bits per heavy atom. The Balaban J connectivity index is 1.47. The normalized spacial score (nSPS) is 15.0. The fourth-order valence-corrected chi connectivity index (χ4v) is 5.32. The molecule has 1 N–H and O–H groups in total. The number of hydrogen-bond acceptors (Lipinski definition) is 4. The number of amides is 1. The van der Waals surface area contributed by atoms with Crippen LogP contribution in [0.5, 0.6) is 11.5 Å². The van der Waals surface area contributed by atoms with Crippen molar-refractivity contribution in [3.63, 3.8) is 0 Å². The van der Waals surface area contributed by atoms with Crippen molar-refractivity contribution < 1.29 is 22.9 Å². The molecule has 1 unspecified atom stereocenters. The van der Waals surface area contributed by atoms with Crippen molar-refractivity contribution in [2.24, 2.45) is 5.92 Å². The Morgan fingerprint density at radius 2 is 1.86 bits per heavy atom. The molecule has 8 heteroatoms. The van der Waals surface area contributed by atoms with Crippen molar-refractivity contribution in [1.82, 2.24) is 10.3 Å². The molecule has 1 aromatic heterocycles. The number of rotatable bonds is 8. The van der Waals surface area contributed by atoms with E-state index in [9.17, 15) is 18.1 Å². The van der Waals surface area contributed by atoms with Gasteiger partial charge in [0.05, 0.1) is 12.8 Å². The maximum atomic E-state index is 13.4. The highest BCUT2D eigenvalue weighted by atomic mass is 31.2. The van der Waals surface area contributed by atoms with E-state index in [1.165, 1.54) is 12.1 Å². The van der Waals surface area contributed by atoms with Crippen molar-refractivity contribution in [2.45, 2.75) is 13.5 Å². The van der Waals surface area contributed by atoms with E-state index in [1.807, 2.05) is 18.2 Å². The molecule has 3 aromatic rings. The number of benzene rings is 2. The van der Waals surface area contributed by atoms with Crippen LogP contribution in [0, 0.1) is 24.5 Å². The second-order valence-corrected chi connectivity index (χ2v) is 12.8. The van der Waals surface area contributed by atoms with E-state index in [4.69, 9.17) is 4.74 Å². The summed E-state index contributed by atoms with van der Waals surface area (Å²) in [5.41, 5.74) is 3.03. The quantitative estimate of drug-likeness (QED) is 0.349. The van der Waals surface area contributed by atoms with Gasteiger partial charge >= 0.3 is 0 Å². The van der Waals surface area contributed by atoms with Gasteiger partial charge in [0, 0.05) is 48.1 Å². The number of carbonyl (C=O) groups is 1. The van der Waals surface area contributed by atoms with Gasteiger partial charge in [-0.3, -0.25) is 9.78 Å². The number of allylic oxidation sites excluding steroid dienone is 4. The van der Waals surface area contributed by atoms with Crippen LogP contribution < -0.4 is 10.1 Å². The number of pyridine rings is 1. The summed E-state index contributed by atoms with van der Waals surface area (Å²) in [6.45, 7) is 5.34. The standard InChI is InChI=1S/C28H27F2N2O3P/c1-18-25(28(33)32-16-20-12-22(29)14-23(30)13-20)5-4-6-27(18)35-24-9-10-31-26(15-24)21-8-7-19(11-21)17-36(2,3)34/h4-15,19H,16-17H2,1-3H3,(H,32,33). The Labute approximate surface area is 209 Å². The fraction of sp³-hybridized carbons (Fsp3) is 0.214. The van der Waals surface area contributed by atoms with Gasteiger partial charge < -0.3 is 14.6 Å². The second kappa shape index (κ2) is 10.6. The van der Waals surface area contributed by atoms with Crippen LogP contribution in [0.2, 0.25) is 0 Å². The fourth-order valence-electron chi connectivity index (χ4n) is 4.08. The van der Waals surface area contributed by atoms with Gasteiger partial charge in [-0.2, -0.15) is 0 Å². The zero-order valence-corrected chi connectivity index (χ0v) is 21.2. The van der Waals surface area contributed by atoms with E-state index < -0.39 is 18.8 Å². The van der Waals surface area contributed by atoms with Gasteiger partial charge in [-0.15, -0.1) is 0 Å². The van der Waals surface area contributed by atoms with E-state index >= 15 is 0 Å². The maximum Gasteiger partial charge on any atom is 0.251 e. The third kappa shape index (κ3) is 6.55. The lowest BCUT2D eigenvalue weighted by molar-refractivity contribution is 0.0949. The molecule has 1 aliphatic carbocycles. The highest BCUT2D eigenvalue weighted by molar-refractivity contribution is 7.62. The molecule has 1 aliphatic rings. The monoisotopic (exact) mass is 508 g/mol. The SMILES string of the molecule is Cc1c(Oc2ccnc(C3=CC(CP(C)(C)=O)C=C3)c2)cccc1C(=O)NCc1cc(F)cc(F)c1. The predicted molar refractivity (Wildman–Crippen MR) is 138 cm³/mol. The van der Waals surface area contributed by atoms with Gasteiger partial charge in [0.1, 0.15) is 23.1 Å². The Hall–Kier alpha value is -3.57. The summed E-state index contributed by atoms with van der Waals surface area (Å²) >= 11 is 0. The molecule has 1 amide bonds. The highest BCUT2D eigenvalue weighted by Crippen LogP contribution is 2.41. The first-order valence-corrected chi connectivity index (χ1v) is 14.3. The molecule has 0 fully saturated rings. The van der Waals surface area contributed by atoms with Gasteiger partial charge in [0.15, 0.2) is 0 Å². The lowest BCUT2D eigenvalue weighted by atomic mass is 10.1. The van der Waals surface area contributed by atoms with Crippen LogP contribution in [0.15, 0.2) is 73.0 Å². The molecule has 0 saturated carbocycles. The summed E-state index contributed by atoms with van der Waals surface area (Å²) in [7, 11) is -2.14. The number of carbonyl (C=O) groups excluding carboxylic acids is 1. The van der Waals surface area contributed by atoms with Crippen molar-refractivity contribution >= 4 is 18.6 Å². The van der Waals surface area contributed by atoms with Crippen molar-refractivity contribution in [3.05, 3.63) is 107 Å². The molecule has 1 atom stereocenters. The summed E-state index contributed by atoms with van der Waals surface area (Å²) in [5.74, 6) is -0.591. The molecular formula is C28H27F2N2O3P. The maximum absolute atomic E-state index is 13.4. The lowest BCUT2D eigenvalue weighted by Crippen LogP contribution is -2.23. The third-order valence-electron chi connectivity index (χ3n) is 5.73. The number of hydrogen-bond donors (Lipinski definition) is 1. The summed E-state index contributed by atoms with van der Waals surface area (Å²) < 4.78 is 45.1. The van der Waals surface area contributed by atoms with Crippen LogP contribution in [0.3, 0.4) is 0 Å². The molecule has 5 nitrogen and oxygen atoms in total. The van der Waals surface area contributed by atoms with E-state index in [1.54, 1.807) is 50.7 Å². The van der Waals surface area contributed by atoms with Crippen molar-refractivity contribution in [1.29, 1.82) is 0 Å². The van der Waals surface area contributed by atoms with Gasteiger partial charge in [-0.1, -0.05) is 24.3 Å². The molecule has 186 valence electrons. The zero-order chi connectivity index (χ0) is 25.9. The van der Waals surface area contributed by atoms with Crippen LogP contribution in [-0.2, 0) is 11.1 Å². The Kier molecular flexibility index (Phi) is 7.51. The highest BCUT2D eigenvalue weighted by Gasteiger charge is 2.19. The van der Waals surface area contributed by atoms with Gasteiger partial charge in [-0.25, -0.2) is 8.78 Å². The third-order valence-corrected chi connectivity index (χ3v) is 7.03. The Morgan fingerprint density at radius 1 is 1.11 bits per heavy atom. The molecule has 1 heterocycles. The van der Waals surface area contributed by atoms with Crippen molar-refractivity contribution in [2.75, 3.05) is 19.5 Å². The van der Waals surface area contributed by atoms with E-state index in [0.29, 0.717) is 34.4 Å².